The number of hydrogen-bond acceptors (Lipinski definition) is 4. The topological polar surface area (TPSA) is 82.8 Å². The molecule has 9 heteroatoms. The van der Waals surface area contributed by atoms with Crippen molar-refractivity contribution in [2.24, 2.45) is 17.1 Å². The number of hydrogen-bond donors (Lipinski definition) is 1. The van der Waals surface area contributed by atoms with Crippen molar-refractivity contribution in [3.8, 4) is 0 Å². The Morgan fingerprint density at radius 3 is 2.38 bits per heavy atom. The maximum absolute atomic E-state index is 13.6. The van der Waals surface area contributed by atoms with Gasteiger partial charge in [0.15, 0.2) is 0 Å². The summed E-state index contributed by atoms with van der Waals surface area (Å²) in [5.41, 5.74) is 7.28. The van der Waals surface area contributed by atoms with Crippen LogP contribution < -0.4 is 5.73 Å². The number of halogens is 2. The van der Waals surface area contributed by atoms with Crippen molar-refractivity contribution in [2.75, 3.05) is 32.7 Å². The summed E-state index contributed by atoms with van der Waals surface area (Å²) in [4.78, 5) is 35.9. The molecule has 2 saturated heterocycles. The average Bonchev–Trinajstić information content (AvgIpc) is 2.86. The molecule has 2 aromatic rings. The standard InChI is InChI=1S/C28H37Cl2N5O2/c1-28(2,3)24-18-34(14-15-35(24)25(36)16-19-9-12-33(13-10-19)27(31)37)26(23-6-4-5-11-32-23)20-7-8-21(29)22(30)17-20/h4-8,11,17,19,24,26H,9-10,12-16,18H2,1-3H3,(H2,31,37). The molecule has 0 saturated carbocycles. The maximum Gasteiger partial charge on any atom is 0.314 e. The van der Waals surface area contributed by atoms with Gasteiger partial charge in [0, 0.05) is 51.4 Å². The van der Waals surface area contributed by atoms with Crippen molar-refractivity contribution in [1.29, 1.82) is 0 Å². The zero-order chi connectivity index (χ0) is 26.7. The first-order chi connectivity index (χ1) is 17.5. The second kappa shape index (κ2) is 11.6. The largest absolute Gasteiger partial charge is 0.351 e. The van der Waals surface area contributed by atoms with Crippen molar-refractivity contribution in [2.45, 2.75) is 52.1 Å². The van der Waals surface area contributed by atoms with Crippen molar-refractivity contribution in [3.63, 3.8) is 0 Å². The number of nitrogens with zero attached hydrogens (tertiary/aromatic N) is 4. The van der Waals surface area contributed by atoms with Crippen molar-refractivity contribution >= 4 is 35.1 Å². The fourth-order valence-corrected chi connectivity index (χ4v) is 5.90. The molecule has 3 amide bonds. The van der Waals surface area contributed by atoms with E-state index >= 15 is 0 Å². The Bertz CT molecular complexity index is 1100. The molecule has 2 aliphatic heterocycles. The lowest BCUT2D eigenvalue weighted by molar-refractivity contribution is -0.141. The molecular weight excluding hydrogens is 509 g/mol. The second-order valence-electron chi connectivity index (χ2n) is 11.3. The Morgan fingerprint density at radius 1 is 1.05 bits per heavy atom. The highest BCUT2D eigenvalue weighted by molar-refractivity contribution is 6.42. The summed E-state index contributed by atoms with van der Waals surface area (Å²) in [6.07, 6.45) is 3.95. The molecule has 3 heterocycles. The first-order valence-corrected chi connectivity index (χ1v) is 13.7. The summed E-state index contributed by atoms with van der Waals surface area (Å²) < 4.78 is 0. The van der Waals surface area contributed by atoms with E-state index in [0.717, 1.165) is 37.2 Å². The van der Waals surface area contributed by atoms with Crippen LogP contribution in [0.5, 0.6) is 0 Å². The molecule has 2 unspecified atom stereocenters. The number of likely N-dealkylation sites (tertiary alicyclic amines) is 1. The highest BCUT2D eigenvalue weighted by Crippen LogP contribution is 2.37. The molecule has 2 aliphatic rings. The van der Waals surface area contributed by atoms with E-state index in [1.807, 2.05) is 42.6 Å². The molecule has 2 N–H and O–H groups in total. The molecule has 4 rings (SSSR count). The number of benzene rings is 1. The summed E-state index contributed by atoms with van der Waals surface area (Å²) in [6.45, 7) is 9.92. The lowest BCUT2D eigenvalue weighted by Crippen LogP contribution is -2.60. The number of pyridine rings is 1. The SMILES string of the molecule is CC(C)(C)C1CN(C(c2ccc(Cl)c(Cl)c2)c2ccccn2)CCN1C(=O)CC1CCN(C(N)=O)CC1. The Balaban J connectivity index is 1.54. The van der Waals surface area contributed by atoms with Crippen molar-refractivity contribution in [1.82, 2.24) is 19.7 Å². The van der Waals surface area contributed by atoms with Crippen LogP contribution >= 0.6 is 23.2 Å². The van der Waals surface area contributed by atoms with E-state index in [-0.39, 0.29) is 35.4 Å². The van der Waals surface area contributed by atoms with Crippen LogP contribution in [0.2, 0.25) is 10.0 Å². The molecule has 2 fully saturated rings. The van der Waals surface area contributed by atoms with Crippen LogP contribution in [0.15, 0.2) is 42.6 Å². The van der Waals surface area contributed by atoms with Gasteiger partial charge in [0.2, 0.25) is 5.91 Å². The highest BCUT2D eigenvalue weighted by atomic mass is 35.5. The first-order valence-electron chi connectivity index (χ1n) is 13.0. The van der Waals surface area contributed by atoms with Crippen LogP contribution in [0.3, 0.4) is 0 Å². The minimum absolute atomic E-state index is 0.0356. The van der Waals surface area contributed by atoms with Gasteiger partial charge >= 0.3 is 6.03 Å². The number of piperazine rings is 1. The Morgan fingerprint density at radius 2 is 1.78 bits per heavy atom. The third-order valence-electron chi connectivity index (χ3n) is 7.71. The van der Waals surface area contributed by atoms with E-state index in [1.165, 1.54) is 0 Å². The molecular formula is C28H37Cl2N5O2. The minimum atomic E-state index is -0.377. The normalized spacial score (nSPS) is 20.6. The molecule has 7 nitrogen and oxygen atoms in total. The molecule has 1 aromatic carbocycles. The van der Waals surface area contributed by atoms with Crippen molar-refractivity contribution in [3.05, 3.63) is 63.9 Å². The van der Waals surface area contributed by atoms with Crippen molar-refractivity contribution < 1.29 is 9.59 Å². The molecule has 2 atom stereocenters. The van der Waals surface area contributed by atoms with E-state index in [0.29, 0.717) is 36.1 Å². The maximum atomic E-state index is 13.6. The van der Waals surface area contributed by atoms with E-state index in [2.05, 4.69) is 35.6 Å². The number of primary amides is 1. The van der Waals surface area contributed by atoms with Gasteiger partial charge in [0.1, 0.15) is 0 Å². The third kappa shape index (κ3) is 6.57. The van der Waals surface area contributed by atoms with Gasteiger partial charge in [0.05, 0.1) is 21.8 Å². The van der Waals surface area contributed by atoms with Gasteiger partial charge in [-0.15, -0.1) is 0 Å². The molecule has 0 radical (unpaired) electrons. The monoisotopic (exact) mass is 545 g/mol. The third-order valence-corrected chi connectivity index (χ3v) is 8.45. The van der Waals surface area contributed by atoms with Crippen LogP contribution in [0.25, 0.3) is 0 Å². The minimum Gasteiger partial charge on any atom is -0.351 e. The van der Waals surface area contributed by atoms with Gasteiger partial charge in [0.25, 0.3) is 0 Å². The zero-order valence-corrected chi connectivity index (χ0v) is 23.4. The number of amides is 3. The smallest absolute Gasteiger partial charge is 0.314 e. The molecule has 0 bridgehead atoms. The summed E-state index contributed by atoms with van der Waals surface area (Å²) in [7, 11) is 0. The van der Waals surface area contributed by atoms with Gasteiger partial charge in [-0.25, -0.2) is 4.79 Å². The predicted octanol–water partition coefficient (Wildman–Crippen LogP) is 5.22. The number of carbonyl (C=O) groups is 2. The fraction of sp³-hybridized carbons (Fsp3) is 0.536. The van der Waals surface area contributed by atoms with E-state index < -0.39 is 0 Å². The predicted molar refractivity (Wildman–Crippen MR) is 148 cm³/mol. The number of piperidine rings is 1. The van der Waals surface area contributed by atoms with E-state index in [1.54, 1.807) is 4.90 Å². The number of aromatic nitrogens is 1. The average molecular weight is 547 g/mol. The summed E-state index contributed by atoms with van der Waals surface area (Å²) in [6, 6.07) is 11.3. The van der Waals surface area contributed by atoms with Crippen LogP contribution in [-0.4, -0.2) is 70.4 Å². The van der Waals surface area contributed by atoms with E-state index in [9.17, 15) is 9.59 Å². The molecule has 1 aromatic heterocycles. The molecule has 0 aliphatic carbocycles. The summed E-state index contributed by atoms with van der Waals surface area (Å²) >= 11 is 12.6. The zero-order valence-electron chi connectivity index (χ0n) is 21.9. The van der Waals surface area contributed by atoms with Gasteiger partial charge < -0.3 is 15.5 Å². The van der Waals surface area contributed by atoms with Gasteiger partial charge in [-0.3, -0.25) is 14.7 Å². The number of rotatable bonds is 5. The lowest BCUT2D eigenvalue weighted by atomic mass is 9.82. The lowest BCUT2D eigenvalue weighted by Gasteiger charge is -2.49. The van der Waals surface area contributed by atoms with Crippen LogP contribution in [0.4, 0.5) is 4.79 Å². The van der Waals surface area contributed by atoms with Crippen LogP contribution in [-0.2, 0) is 4.79 Å². The quantitative estimate of drug-likeness (QED) is 0.558. The Hall–Kier alpha value is -2.35. The molecule has 200 valence electrons. The second-order valence-corrected chi connectivity index (χ2v) is 12.1. The number of carbonyl (C=O) groups excluding carboxylic acids is 2. The summed E-state index contributed by atoms with van der Waals surface area (Å²) in [5, 5.41) is 1.04. The molecule has 0 spiro atoms. The molecule has 37 heavy (non-hydrogen) atoms. The van der Waals surface area contributed by atoms with Crippen LogP contribution in [0.1, 0.15) is 57.3 Å². The van der Waals surface area contributed by atoms with Gasteiger partial charge in [-0.2, -0.15) is 0 Å². The Labute approximate surface area is 229 Å². The fourth-order valence-electron chi connectivity index (χ4n) is 5.59. The van der Waals surface area contributed by atoms with Gasteiger partial charge in [-0.05, 0) is 54.0 Å². The number of nitrogens with two attached hydrogens (primary N) is 1. The first kappa shape index (κ1) is 27.7. The van der Waals surface area contributed by atoms with Crippen LogP contribution in [0, 0.1) is 11.3 Å². The summed E-state index contributed by atoms with van der Waals surface area (Å²) in [5.74, 6) is 0.472. The highest BCUT2D eigenvalue weighted by Gasteiger charge is 2.41. The number of urea groups is 1. The Kier molecular flexibility index (Phi) is 8.66. The van der Waals surface area contributed by atoms with Gasteiger partial charge in [-0.1, -0.05) is 56.1 Å². The van der Waals surface area contributed by atoms with E-state index in [4.69, 9.17) is 28.9 Å².